The minimum absolute atomic E-state index is 0.0804. The second-order valence-electron chi connectivity index (χ2n) is 9.09. The molecule has 2 aliphatic rings. The van der Waals surface area contributed by atoms with E-state index in [1.807, 2.05) is 17.0 Å². The van der Waals surface area contributed by atoms with Crippen molar-refractivity contribution in [1.82, 2.24) is 4.90 Å². The molecule has 1 aliphatic heterocycles. The molecule has 188 valence electrons. The van der Waals surface area contributed by atoms with Gasteiger partial charge in [-0.3, -0.25) is 4.79 Å². The predicted octanol–water partition coefficient (Wildman–Crippen LogP) is 4.97. The van der Waals surface area contributed by atoms with Gasteiger partial charge in [-0.2, -0.15) is 0 Å². The standard InChI is InChI=1S/C28H35NO6/c1-4-34-28(31)20-10-12-22(13-11-20)35-18-24-23-17-26(33-3)25(32-2)16-21(23)14-15-29(24)27(30)19-8-6-5-7-9-19/h10-13,16-17,19,24H,4-9,14-15,18H2,1-3H3/t24-/m0/s1. The average molecular weight is 482 g/mol. The van der Waals surface area contributed by atoms with Crippen LogP contribution in [-0.2, 0) is 16.0 Å². The Morgan fingerprint density at radius 2 is 1.66 bits per heavy atom. The Morgan fingerprint density at radius 3 is 2.31 bits per heavy atom. The third-order valence-electron chi connectivity index (χ3n) is 7.01. The number of hydrogen-bond acceptors (Lipinski definition) is 6. The van der Waals surface area contributed by atoms with Gasteiger partial charge in [0.25, 0.3) is 0 Å². The predicted molar refractivity (Wildman–Crippen MR) is 132 cm³/mol. The fourth-order valence-corrected chi connectivity index (χ4v) is 5.13. The summed E-state index contributed by atoms with van der Waals surface area (Å²) in [4.78, 5) is 27.6. The highest BCUT2D eigenvalue weighted by Crippen LogP contribution is 2.40. The van der Waals surface area contributed by atoms with Gasteiger partial charge in [0.1, 0.15) is 12.4 Å². The van der Waals surface area contributed by atoms with E-state index in [0.29, 0.717) is 42.6 Å². The summed E-state index contributed by atoms with van der Waals surface area (Å²) in [6.07, 6.45) is 6.10. The molecule has 1 fully saturated rings. The molecule has 1 atom stereocenters. The van der Waals surface area contributed by atoms with Gasteiger partial charge in [0.15, 0.2) is 11.5 Å². The lowest BCUT2D eigenvalue weighted by Gasteiger charge is -2.40. The van der Waals surface area contributed by atoms with Crippen LogP contribution >= 0.6 is 0 Å². The Morgan fingerprint density at radius 1 is 0.971 bits per heavy atom. The minimum Gasteiger partial charge on any atom is -0.493 e. The van der Waals surface area contributed by atoms with Crippen LogP contribution in [0.15, 0.2) is 36.4 Å². The van der Waals surface area contributed by atoms with Gasteiger partial charge in [0.05, 0.1) is 32.4 Å². The molecule has 0 radical (unpaired) electrons. The van der Waals surface area contributed by atoms with Crippen LogP contribution in [-0.4, -0.2) is 50.8 Å². The van der Waals surface area contributed by atoms with E-state index in [4.69, 9.17) is 18.9 Å². The quantitative estimate of drug-likeness (QED) is 0.496. The number of nitrogens with zero attached hydrogens (tertiary/aromatic N) is 1. The van der Waals surface area contributed by atoms with Crippen LogP contribution in [0.5, 0.6) is 17.2 Å². The molecular weight excluding hydrogens is 446 g/mol. The summed E-state index contributed by atoms with van der Waals surface area (Å²) in [6.45, 7) is 3.06. The average Bonchev–Trinajstić information content (AvgIpc) is 2.91. The molecule has 7 nitrogen and oxygen atoms in total. The molecule has 4 rings (SSSR count). The van der Waals surface area contributed by atoms with Crippen molar-refractivity contribution in [3.63, 3.8) is 0 Å². The largest absolute Gasteiger partial charge is 0.493 e. The maximum atomic E-state index is 13.6. The van der Waals surface area contributed by atoms with Crippen LogP contribution in [0.2, 0.25) is 0 Å². The van der Waals surface area contributed by atoms with E-state index in [-0.39, 0.29) is 23.8 Å². The number of ether oxygens (including phenoxy) is 4. The summed E-state index contributed by atoms with van der Waals surface area (Å²) in [6, 6.07) is 10.7. The summed E-state index contributed by atoms with van der Waals surface area (Å²) in [5.41, 5.74) is 2.65. The summed E-state index contributed by atoms with van der Waals surface area (Å²) in [7, 11) is 3.25. The monoisotopic (exact) mass is 481 g/mol. The van der Waals surface area contributed by atoms with E-state index in [2.05, 4.69) is 0 Å². The molecule has 0 aromatic heterocycles. The number of esters is 1. The van der Waals surface area contributed by atoms with Crippen LogP contribution in [0, 0.1) is 5.92 Å². The molecule has 2 aromatic carbocycles. The molecule has 1 saturated carbocycles. The lowest BCUT2D eigenvalue weighted by atomic mass is 9.86. The number of rotatable bonds is 8. The lowest BCUT2D eigenvalue weighted by Crippen LogP contribution is -2.45. The Labute approximate surface area is 207 Å². The van der Waals surface area contributed by atoms with Crippen LogP contribution < -0.4 is 14.2 Å². The van der Waals surface area contributed by atoms with Crippen LogP contribution in [0.3, 0.4) is 0 Å². The van der Waals surface area contributed by atoms with Crippen molar-refractivity contribution in [1.29, 1.82) is 0 Å². The van der Waals surface area contributed by atoms with Gasteiger partial charge in [-0.05, 0) is 73.7 Å². The van der Waals surface area contributed by atoms with Crippen molar-refractivity contribution in [2.75, 3.05) is 34.0 Å². The zero-order valence-corrected chi connectivity index (χ0v) is 20.9. The van der Waals surface area contributed by atoms with Crippen molar-refractivity contribution >= 4 is 11.9 Å². The molecule has 0 spiro atoms. The SMILES string of the molecule is CCOC(=O)c1ccc(OC[C@H]2c3cc(OC)c(OC)cc3CCN2C(=O)C2CCCCC2)cc1. The van der Waals surface area contributed by atoms with Gasteiger partial charge in [-0.15, -0.1) is 0 Å². The maximum Gasteiger partial charge on any atom is 0.338 e. The first kappa shape index (κ1) is 24.9. The van der Waals surface area contributed by atoms with Gasteiger partial charge < -0.3 is 23.8 Å². The number of amides is 1. The summed E-state index contributed by atoms with van der Waals surface area (Å²) in [5.74, 6) is 1.91. The first-order valence-electron chi connectivity index (χ1n) is 12.5. The Kier molecular flexibility index (Phi) is 8.16. The van der Waals surface area contributed by atoms with Crippen molar-refractivity contribution in [3.8, 4) is 17.2 Å². The van der Waals surface area contributed by atoms with Crippen LogP contribution in [0.1, 0.15) is 66.6 Å². The van der Waals surface area contributed by atoms with Crippen molar-refractivity contribution < 1.29 is 28.5 Å². The smallest absolute Gasteiger partial charge is 0.338 e. The highest BCUT2D eigenvalue weighted by Gasteiger charge is 2.36. The van der Waals surface area contributed by atoms with Crippen LogP contribution in [0.4, 0.5) is 0 Å². The number of carbonyl (C=O) groups is 2. The maximum absolute atomic E-state index is 13.6. The highest BCUT2D eigenvalue weighted by molar-refractivity contribution is 5.89. The molecule has 1 heterocycles. The number of hydrogen-bond donors (Lipinski definition) is 0. The van der Waals surface area contributed by atoms with E-state index in [9.17, 15) is 9.59 Å². The third-order valence-corrected chi connectivity index (χ3v) is 7.01. The number of carbonyl (C=O) groups excluding carboxylic acids is 2. The number of methoxy groups -OCH3 is 2. The molecule has 2 aromatic rings. The molecule has 1 aliphatic carbocycles. The highest BCUT2D eigenvalue weighted by atomic mass is 16.5. The molecule has 7 heteroatoms. The van der Waals surface area contributed by atoms with Gasteiger partial charge >= 0.3 is 5.97 Å². The fraction of sp³-hybridized carbons (Fsp3) is 0.500. The molecule has 0 unspecified atom stereocenters. The van der Waals surface area contributed by atoms with Crippen molar-refractivity contribution in [2.24, 2.45) is 5.92 Å². The summed E-state index contributed by atoms with van der Waals surface area (Å²) < 4.78 is 22.3. The minimum atomic E-state index is -0.356. The first-order valence-corrected chi connectivity index (χ1v) is 12.5. The zero-order valence-electron chi connectivity index (χ0n) is 20.9. The van der Waals surface area contributed by atoms with E-state index >= 15 is 0 Å². The van der Waals surface area contributed by atoms with Crippen LogP contribution in [0.25, 0.3) is 0 Å². The van der Waals surface area contributed by atoms with Gasteiger partial charge in [0, 0.05) is 12.5 Å². The summed E-state index contributed by atoms with van der Waals surface area (Å²) >= 11 is 0. The first-order chi connectivity index (χ1) is 17.0. The topological polar surface area (TPSA) is 74.3 Å². The van der Waals surface area contributed by atoms with Crippen molar-refractivity contribution in [3.05, 3.63) is 53.1 Å². The normalized spacial score (nSPS) is 17.9. The second kappa shape index (κ2) is 11.5. The van der Waals surface area contributed by atoms with Gasteiger partial charge in [-0.25, -0.2) is 4.79 Å². The van der Waals surface area contributed by atoms with E-state index in [0.717, 1.165) is 43.2 Å². The van der Waals surface area contributed by atoms with Gasteiger partial charge in [0.2, 0.25) is 5.91 Å². The molecule has 35 heavy (non-hydrogen) atoms. The Bertz CT molecular complexity index is 1030. The Balaban J connectivity index is 1.59. The Hall–Kier alpha value is -3.22. The number of benzene rings is 2. The number of fused-ring (bicyclic) bond motifs is 1. The lowest BCUT2D eigenvalue weighted by molar-refractivity contribution is -0.140. The van der Waals surface area contributed by atoms with E-state index in [1.165, 1.54) is 6.42 Å². The molecule has 0 bridgehead atoms. The zero-order chi connectivity index (χ0) is 24.8. The van der Waals surface area contributed by atoms with E-state index in [1.54, 1.807) is 45.4 Å². The fourth-order valence-electron chi connectivity index (χ4n) is 5.13. The van der Waals surface area contributed by atoms with Crippen molar-refractivity contribution in [2.45, 2.75) is 51.5 Å². The second-order valence-corrected chi connectivity index (χ2v) is 9.09. The summed E-state index contributed by atoms with van der Waals surface area (Å²) in [5, 5.41) is 0. The van der Waals surface area contributed by atoms with Gasteiger partial charge in [-0.1, -0.05) is 19.3 Å². The molecule has 0 N–H and O–H groups in total. The third kappa shape index (κ3) is 5.55. The molecule has 1 amide bonds. The molecular formula is C28H35NO6. The van der Waals surface area contributed by atoms with E-state index < -0.39 is 0 Å². The molecule has 0 saturated heterocycles.